The predicted molar refractivity (Wildman–Crippen MR) is 66.7 cm³/mol. The SMILES string of the molecule is COc1ccc(Br)c(C(=O)N[C@@H](C)CN)c1. The summed E-state index contributed by atoms with van der Waals surface area (Å²) in [6.07, 6.45) is 0. The molecule has 1 aromatic rings. The first kappa shape index (κ1) is 13.0. The summed E-state index contributed by atoms with van der Waals surface area (Å²) >= 11 is 3.32. The molecule has 16 heavy (non-hydrogen) atoms. The quantitative estimate of drug-likeness (QED) is 0.882. The van der Waals surface area contributed by atoms with Crippen LogP contribution in [0.5, 0.6) is 5.75 Å². The fourth-order valence-electron chi connectivity index (χ4n) is 1.17. The Morgan fingerprint density at radius 1 is 1.62 bits per heavy atom. The van der Waals surface area contributed by atoms with Crippen molar-refractivity contribution in [1.29, 1.82) is 0 Å². The number of carbonyl (C=O) groups excluding carboxylic acids is 1. The van der Waals surface area contributed by atoms with E-state index in [4.69, 9.17) is 10.5 Å². The summed E-state index contributed by atoms with van der Waals surface area (Å²) in [5, 5.41) is 2.79. The van der Waals surface area contributed by atoms with E-state index < -0.39 is 0 Å². The van der Waals surface area contributed by atoms with Crippen LogP contribution >= 0.6 is 15.9 Å². The van der Waals surface area contributed by atoms with Gasteiger partial charge in [0.1, 0.15) is 5.75 Å². The molecule has 1 atom stereocenters. The van der Waals surface area contributed by atoms with Gasteiger partial charge in [0.05, 0.1) is 12.7 Å². The molecule has 0 saturated carbocycles. The molecule has 0 saturated heterocycles. The van der Waals surface area contributed by atoms with Crippen LogP contribution in [-0.4, -0.2) is 25.6 Å². The van der Waals surface area contributed by atoms with E-state index in [0.29, 0.717) is 17.9 Å². The maximum absolute atomic E-state index is 11.9. The van der Waals surface area contributed by atoms with Crippen molar-refractivity contribution in [3.05, 3.63) is 28.2 Å². The molecule has 0 bridgehead atoms. The van der Waals surface area contributed by atoms with Crippen molar-refractivity contribution in [2.24, 2.45) is 5.73 Å². The number of hydrogen-bond donors (Lipinski definition) is 2. The van der Waals surface area contributed by atoms with Gasteiger partial charge in [0.25, 0.3) is 5.91 Å². The van der Waals surface area contributed by atoms with E-state index in [1.54, 1.807) is 25.3 Å². The lowest BCUT2D eigenvalue weighted by Gasteiger charge is -2.12. The standard InChI is InChI=1S/C11H15BrN2O2/c1-7(6-13)14-11(15)9-5-8(16-2)3-4-10(9)12/h3-5,7H,6,13H2,1-2H3,(H,14,15)/t7-/m0/s1. The van der Waals surface area contributed by atoms with Gasteiger partial charge in [-0.3, -0.25) is 4.79 Å². The van der Waals surface area contributed by atoms with Crippen LogP contribution in [0.15, 0.2) is 22.7 Å². The summed E-state index contributed by atoms with van der Waals surface area (Å²) in [4.78, 5) is 11.9. The number of carbonyl (C=O) groups is 1. The van der Waals surface area contributed by atoms with Crippen molar-refractivity contribution in [3.63, 3.8) is 0 Å². The van der Waals surface area contributed by atoms with Crippen LogP contribution in [-0.2, 0) is 0 Å². The zero-order valence-electron chi connectivity index (χ0n) is 9.29. The van der Waals surface area contributed by atoms with E-state index in [-0.39, 0.29) is 11.9 Å². The minimum absolute atomic E-state index is 0.0504. The Balaban J connectivity index is 2.89. The molecule has 0 aliphatic carbocycles. The fourth-order valence-corrected chi connectivity index (χ4v) is 1.59. The highest BCUT2D eigenvalue weighted by molar-refractivity contribution is 9.10. The van der Waals surface area contributed by atoms with Gasteiger partial charge < -0.3 is 15.8 Å². The van der Waals surface area contributed by atoms with Crippen molar-refractivity contribution >= 4 is 21.8 Å². The molecule has 0 heterocycles. The smallest absolute Gasteiger partial charge is 0.252 e. The lowest BCUT2D eigenvalue weighted by Crippen LogP contribution is -2.37. The van der Waals surface area contributed by atoms with Gasteiger partial charge in [-0.25, -0.2) is 0 Å². The molecule has 0 aliphatic heterocycles. The Kier molecular flexibility index (Phi) is 4.76. The highest BCUT2D eigenvalue weighted by Crippen LogP contribution is 2.22. The van der Waals surface area contributed by atoms with Crippen LogP contribution in [0.4, 0.5) is 0 Å². The molecule has 5 heteroatoms. The summed E-state index contributed by atoms with van der Waals surface area (Å²) in [5.74, 6) is 0.484. The van der Waals surface area contributed by atoms with Gasteiger partial charge >= 0.3 is 0 Å². The number of methoxy groups -OCH3 is 1. The third-order valence-corrected chi connectivity index (χ3v) is 2.84. The van der Waals surface area contributed by atoms with Gasteiger partial charge in [0.15, 0.2) is 0 Å². The van der Waals surface area contributed by atoms with Crippen molar-refractivity contribution in [1.82, 2.24) is 5.32 Å². The van der Waals surface area contributed by atoms with Gasteiger partial charge in [0.2, 0.25) is 0 Å². The van der Waals surface area contributed by atoms with E-state index in [1.165, 1.54) is 0 Å². The first-order chi connectivity index (χ1) is 7.58. The van der Waals surface area contributed by atoms with Gasteiger partial charge in [-0.05, 0) is 41.1 Å². The van der Waals surface area contributed by atoms with Crippen LogP contribution in [0.25, 0.3) is 0 Å². The summed E-state index contributed by atoms with van der Waals surface area (Å²) in [7, 11) is 1.56. The molecule has 1 aromatic carbocycles. The molecule has 0 fully saturated rings. The molecule has 1 amide bonds. The Morgan fingerprint density at radius 2 is 2.31 bits per heavy atom. The summed E-state index contributed by atoms with van der Waals surface area (Å²) in [6, 6.07) is 5.20. The highest BCUT2D eigenvalue weighted by atomic mass is 79.9. The first-order valence-corrected chi connectivity index (χ1v) is 5.72. The van der Waals surface area contributed by atoms with Gasteiger partial charge in [-0.2, -0.15) is 0 Å². The zero-order chi connectivity index (χ0) is 12.1. The third kappa shape index (κ3) is 3.21. The third-order valence-electron chi connectivity index (χ3n) is 2.15. The molecule has 1 rings (SSSR count). The van der Waals surface area contributed by atoms with Crippen LogP contribution < -0.4 is 15.8 Å². The molecule has 0 aromatic heterocycles. The number of amides is 1. The van der Waals surface area contributed by atoms with Crippen molar-refractivity contribution < 1.29 is 9.53 Å². The second-order valence-electron chi connectivity index (χ2n) is 3.46. The number of halogens is 1. The molecule has 0 spiro atoms. The van der Waals surface area contributed by atoms with Crippen LogP contribution in [0.3, 0.4) is 0 Å². The van der Waals surface area contributed by atoms with Crippen molar-refractivity contribution in [2.75, 3.05) is 13.7 Å². The zero-order valence-corrected chi connectivity index (χ0v) is 10.9. The second kappa shape index (κ2) is 5.86. The number of nitrogens with two attached hydrogens (primary N) is 1. The minimum Gasteiger partial charge on any atom is -0.497 e. The first-order valence-electron chi connectivity index (χ1n) is 4.93. The molecule has 4 nitrogen and oxygen atoms in total. The Labute approximate surface area is 103 Å². The fraction of sp³-hybridized carbons (Fsp3) is 0.364. The van der Waals surface area contributed by atoms with E-state index >= 15 is 0 Å². The van der Waals surface area contributed by atoms with E-state index in [9.17, 15) is 4.79 Å². The lowest BCUT2D eigenvalue weighted by molar-refractivity contribution is 0.0940. The number of ether oxygens (including phenoxy) is 1. The van der Waals surface area contributed by atoms with E-state index in [0.717, 1.165) is 4.47 Å². The van der Waals surface area contributed by atoms with E-state index in [2.05, 4.69) is 21.2 Å². The molecule has 0 aliphatic rings. The van der Waals surface area contributed by atoms with Gasteiger partial charge in [-0.1, -0.05) is 0 Å². The Bertz CT molecular complexity index is 382. The average Bonchev–Trinajstić information content (AvgIpc) is 2.29. The number of hydrogen-bond acceptors (Lipinski definition) is 3. The topological polar surface area (TPSA) is 64.3 Å². The normalized spacial score (nSPS) is 12.0. The van der Waals surface area contributed by atoms with Crippen LogP contribution in [0.2, 0.25) is 0 Å². The Hall–Kier alpha value is -1.07. The second-order valence-corrected chi connectivity index (χ2v) is 4.31. The van der Waals surface area contributed by atoms with Gasteiger partial charge in [-0.15, -0.1) is 0 Å². The number of rotatable bonds is 4. The molecular weight excluding hydrogens is 272 g/mol. The molecular formula is C11H15BrN2O2. The molecule has 3 N–H and O–H groups in total. The van der Waals surface area contributed by atoms with Gasteiger partial charge in [0, 0.05) is 17.1 Å². The van der Waals surface area contributed by atoms with Crippen LogP contribution in [0, 0.1) is 0 Å². The summed E-state index contributed by atoms with van der Waals surface area (Å²) in [6.45, 7) is 2.26. The average molecular weight is 287 g/mol. The summed E-state index contributed by atoms with van der Waals surface area (Å²) in [5.41, 5.74) is 5.98. The maximum atomic E-state index is 11.9. The number of benzene rings is 1. The molecule has 0 unspecified atom stereocenters. The number of nitrogens with one attached hydrogen (secondary N) is 1. The monoisotopic (exact) mass is 286 g/mol. The largest absolute Gasteiger partial charge is 0.497 e. The van der Waals surface area contributed by atoms with E-state index in [1.807, 2.05) is 6.92 Å². The van der Waals surface area contributed by atoms with Crippen LogP contribution in [0.1, 0.15) is 17.3 Å². The highest BCUT2D eigenvalue weighted by Gasteiger charge is 2.12. The predicted octanol–water partition coefficient (Wildman–Crippen LogP) is 1.53. The maximum Gasteiger partial charge on any atom is 0.252 e. The Morgan fingerprint density at radius 3 is 2.88 bits per heavy atom. The lowest BCUT2D eigenvalue weighted by atomic mass is 10.2. The van der Waals surface area contributed by atoms with Crippen molar-refractivity contribution in [3.8, 4) is 5.75 Å². The summed E-state index contributed by atoms with van der Waals surface area (Å²) < 4.78 is 5.80. The molecule has 0 radical (unpaired) electrons. The molecule has 88 valence electrons. The van der Waals surface area contributed by atoms with Crippen molar-refractivity contribution in [2.45, 2.75) is 13.0 Å². The minimum atomic E-state index is -0.163.